The Bertz CT molecular complexity index is 2190. The van der Waals surface area contributed by atoms with Crippen molar-refractivity contribution in [2.24, 2.45) is 0 Å². The molecule has 4 aromatic carbocycles. The number of hydrogen-bond donors (Lipinski definition) is 8. The van der Waals surface area contributed by atoms with E-state index in [1.54, 1.807) is 0 Å². The lowest BCUT2D eigenvalue weighted by Crippen LogP contribution is -2.34. The van der Waals surface area contributed by atoms with Crippen molar-refractivity contribution >= 4 is 47.8 Å². The van der Waals surface area contributed by atoms with E-state index in [-0.39, 0.29) is 22.3 Å². The molecule has 0 aromatic heterocycles. The molecule has 8 N–H and O–H groups in total. The second-order valence-electron chi connectivity index (χ2n) is 10.5. The maximum Gasteiger partial charge on any atom is 0.337 e. The van der Waals surface area contributed by atoms with E-state index in [0.29, 0.717) is 0 Å². The summed E-state index contributed by atoms with van der Waals surface area (Å²) >= 11 is 0. The highest BCUT2D eigenvalue weighted by molar-refractivity contribution is 6.20. The van der Waals surface area contributed by atoms with Crippen LogP contribution in [0.2, 0.25) is 0 Å². The maximum atomic E-state index is 13.1. The number of carboxylic acid groups (broad SMARTS) is 8. The third-order valence-corrected chi connectivity index (χ3v) is 8.16. The molecule has 0 bridgehead atoms. The number of aromatic carboxylic acids is 8. The summed E-state index contributed by atoms with van der Waals surface area (Å²) in [5.41, 5.74) is -13.6. The first-order valence-electron chi connectivity index (χ1n) is 13.5. The van der Waals surface area contributed by atoms with Crippen LogP contribution in [-0.2, 0) is 5.41 Å². The topological polar surface area (TPSA) is 298 Å². The zero-order valence-electron chi connectivity index (χ0n) is 24.1. The Labute approximate surface area is 271 Å². The molecule has 5 rings (SSSR count). The number of hydrogen-bond acceptors (Lipinski definition) is 8. The van der Waals surface area contributed by atoms with Crippen molar-refractivity contribution in [2.45, 2.75) is 5.41 Å². The summed E-state index contributed by atoms with van der Waals surface area (Å²) in [6, 6.07) is 10.4. The van der Waals surface area contributed by atoms with Crippen LogP contribution in [0.3, 0.4) is 0 Å². The second-order valence-corrected chi connectivity index (χ2v) is 10.5. The van der Waals surface area contributed by atoms with Gasteiger partial charge in [-0.25, -0.2) is 38.4 Å². The van der Waals surface area contributed by atoms with Crippen molar-refractivity contribution in [1.82, 2.24) is 0 Å². The SMILES string of the molecule is O=C(O)c1ccc(C2(c3ccc(C(=O)O)c(C(=O)O)c3)c3ccccc3-c3c(C(=O)O)c(C(=O)O)c(C(=O)O)c(C(=O)O)c32)cc1C(=O)O. The molecule has 1 aliphatic rings. The van der Waals surface area contributed by atoms with E-state index in [2.05, 4.69) is 0 Å². The van der Waals surface area contributed by atoms with Gasteiger partial charge in [-0.15, -0.1) is 0 Å². The van der Waals surface area contributed by atoms with Crippen molar-refractivity contribution in [3.8, 4) is 11.1 Å². The lowest BCUT2D eigenvalue weighted by molar-refractivity contribution is 0.0619. The van der Waals surface area contributed by atoms with E-state index in [0.717, 1.165) is 36.4 Å². The molecule has 4 aromatic rings. The van der Waals surface area contributed by atoms with Crippen molar-refractivity contribution in [3.63, 3.8) is 0 Å². The fourth-order valence-electron chi connectivity index (χ4n) is 6.46. The molecule has 0 spiro atoms. The van der Waals surface area contributed by atoms with Crippen LogP contribution in [0, 0.1) is 0 Å². The number of fused-ring (bicyclic) bond motifs is 3. The molecule has 16 nitrogen and oxygen atoms in total. The smallest absolute Gasteiger partial charge is 0.337 e. The van der Waals surface area contributed by atoms with Crippen LogP contribution in [0.4, 0.5) is 0 Å². The summed E-state index contributed by atoms with van der Waals surface area (Å²) in [5, 5.41) is 80.7. The fourth-order valence-corrected chi connectivity index (χ4v) is 6.46. The number of rotatable bonds is 10. The standard InChI is InChI=1S/C33H18O16/c34-25(35)13-7-5-11(9-16(13)27(38)39)33(12-6-8-14(26(36)37)17(10-12)28(40)41)18-4-2-1-3-15(18)19-20(29(42)43)21(30(44)45)22(31(46)47)23(24(19)33)32(48)49/h1-10H,(H,34,35)(H,36,37)(H,38,39)(H,40,41)(H,42,43)(H,44,45)(H,46,47)(H,48,49). The Kier molecular flexibility index (Phi) is 7.72. The van der Waals surface area contributed by atoms with Crippen molar-refractivity contribution in [2.75, 3.05) is 0 Å². The first-order chi connectivity index (χ1) is 23.0. The highest BCUT2D eigenvalue weighted by atomic mass is 16.4. The largest absolute Gasteiger partial charge is 0.478 e. The lowest BCUT2D eigenvalue weighted by atomic mass is 9.64. The third-order valence-electron chi connectivity index (χ3n) is 8.16. The molecule has 246 valence electrons. The summed E-state index contributed by atoms with van der Waals surface area (Å²) < 4.78 is 0. The van der Waals surface area contributed by atoms with Crippen molar-refractivity contribution < 1.29 is 79.2 Å². The van der Waals surface area contributed by atoms with Crippen LogP contribution in [0.5, 0.6) is 0 Å². The quantitative estimate of drug-likeness (QED) is 0.105. The zero-order chi connectivity index (χ0) is 36.3. The van der Waals surface area contributed by atoms with Gasteiger partial charge in [0.15, 0.2) is 0 Å². The molecule has 1 aliphatic carbocycles. The predicted molar refractivity (Wildman–Crippen MR) is 159 cm³/mol. The highest BCUT2D eigenvalue weighted by Crippen LogP contribution is 2.59. The van der Waals surface area contributed by atoms with E-state index in [1.165, 1.54) is 24.3 Å². The number of carbonyl (C=O) groups is 8. The molecular weight excluding hydrogens is 652 g/mol. The van der Waals surface area contributed by atoms with E-state index in [9.17, 15) is 79.2 Å². The molecule has 49 heavy (non-hydrogen) atoms. The Hall–Kier alpha value is -7.36. The second kappa shape index (κ2) is 11.5. The Balaban J connectivity index is 2.23. The van der Waals surface area contributed by atoms with Crippen molar-refractivity contribution in [3.05, 3.63) is 127 Å². The summed E-state index contributed by atoms with van der Waals surface area (Å²) in [4.78, 5) is 99.9. The van der Waals surface area contributed by atoms with Gasteiger partial charge in [-0.1, -0.05) is 36.4 Å². The number of carboxylic acids is 8. The molecule has 0 aliphatic heterocycles. The minimum atomic E-state index is -2.45. The van der Waals surface area contributed by atoms with Gasteiger partial charge in [0.1, 0.15) is 0 Å². The summed E-state index contributed by atoms with van der Waals surface area (Å²) in [6.45, 7) is 0. The molecule has 0 fully saturated rings. The van der Waals surface area contributed by atoms with Gasteiger partial charge in [-0.05, 0) is 52.1 Å². The molecular formula is C33H18O16. The van der Waals surface area contributed by atoms with Gasteiger partial charge < -0.3 is 40.9 Å². The van der Waals surface area contributed by atoms with E-state index < -0.39 is 109 Å². The van der Waals surface area contributed by atoms with Crippen molar-refractivity contribution in [1.29, 1.82) is 0 Å². The van der Waals surface area contributed by atoms with Gasteiger partial charge in [-0.2, -0.15) is 0 Å². The van der Waals surface area contributed by atoms with Crippen LogP contribution in [-0.4, -0.2) is 88.6 Å². The Morgan fingerprint density at radius 1 is 0.408 bits per heavy atom. The average molecular weight is 670 g/mol. The minimum Gasteiger partial charge on any atom is -0.478 e. The van der Waals surface area contributed by atoms with Gasteiger partial charge in [0.25, 0.3) is 0 Å². The molecule has 0 heterocycles. The summed E-state index contributed by atoms with van der Waals surface area (Å²) in [5.74, 6) is -15.4. The zero-order valence-corrected chi connectivity index (χ0v) is 24.1. The van der Waals surface area contributed by atoms with Crippen LogP contribution < -0.4 is 0 Å². The Morgan fingerprint density at radius 3 is 1.18 bits per heavy atom. The molecule has 16 heteroatoms. The Morgan fingerprint density at radius 2 is 0.796 bits per heavy atom. The van der Waals surface area contributed by atoms with Crippen LogP contribution in [0.1, 0.15) is 105 Å². The van der Waals surface area contributed by atoms with Gasteiger partial charge in [0.2, 0.25) is 0 Å². The van der Waals surface area contributed by atoms with Crippen LogP contribution in [0.25, 0.3) is 11.1 Å². The average Bonchev–Trinajstić information content (AvgIpc) is 3.33. The van der Waals surface area contributed by atoms with Crippen LogP contribution >= 0.6 is 0 Å². The molecule has 0 saturated heterocycles. The molecule has 0 saturated carbocycles. The number of benzene rings is 4. The van der Waals surface area contributed by atoms with E-state index in [1.807, 2.05) is 0 Å². The van der Waals surface area contributed by atoms with Gasteiger partial charge in [-0.3, -0.25) is 0 Å². The molecule has 0 amide bonds. The highest BCUT2D eigenvalue weighted by Gasteiger charge is 2.53. The normalized spacial score (nSPS) is 12.3. The molecule has 0 unspecified atom stereocenters. The van der Waals surface area contributed by atoms with Gasteiger partial charge in [0.05, 0.1) is 49.9 Å². The van der Waals surface area contributed by atoms with Gasteiger partial charge in [0, 0.05) is 5.56 Å². The summed E-state index contributed by atoms with van der Waals surface area (Å²) in [7, 11) is 0. The van der Waals surface area contributed by atoms with Crippen LogP contribution in [0.15, 0.2) is 60.7 Å². The summed E-state index contributed by atoms with van der Waals surface area (Å²) in [6.07, 6.45) is 0. The van der Waals surface area contributed by atoms with E-state index in [4.69, 9.17) is 0 Å². The molecule has 0 atom stereocenters. The lowest BCUT2D eigenvalue weighted by Gasteiger charge is -2.36. The van der Waals surface area contributed by atoms with E-state index >= 15 is 0 Å². The van der Waals surface area contributed by atoms with Gasteiger partial charge >= 0.3 is 47.8 Å². The first kappa shape index (κ1) is 33.0. The minimum absolute atomic E-state index is 0.146. The fraction of sp³-hybridized carbons (Fsp3) is 0.0303. The molecule has 0 radical (unpaired) electrons. The predicted octanol–water partition coefficient (Wildman–Crippen LogP) is 3.64. The third kappa shape index (κ3) is 4.70. The monoisotopic (exact) mass is 670 g/mol. The maximum absolute atomic E-state index is 13.1. The first-order valence-corrected chi connectivity index (χ1v) is 13.5.